The summed E-state index contributed by atoms with van der Waals surface area (Å²) in [5, 5.41) is 12.9. The highest BCUT2D eigenvalue weighted by molar-refractivity contribution is 6.34. The van der Waals surface area contributed by atoms with Gasteiger partial charge in [-0.05, 0) is 37.0 Å². The van der Waals surface area contributed by atoms with Gasteiger partial charge in [0.25, 0.3) is 5.56 Å². The van der Waals surface area contributed by atoms with Crippen LogP contribution < -0.4 is 5.56 Å². The zero-order valence-electron chi connectivity index (χ0n) is 11.9. The maximum absolute atomic E-state index is 12.2. The van der Waals surface area contributed by atoms with Crippen LogP contribution in [0, 0.1) is 5.41 Å². The van der Waals surface area contributed by atoms with Gasteiger partial charge in [0.2, 0.25) is 0 Å². The van der Waals surface area contributed by atoms with Crippen LogP contribution in [0.3, 0.4) is 0 Å². The maximum atomic E-state index is 12.2. The summed E-state index contributed by atoms with van der Waals surface area (Å²) in [6.45, 7) is 4.41. The van der Waals surface area contributed by atoms with Gasteiger partial charge < -0.3 is 5.11 Å². The lowest BCUT2D eigenvalue weighted by molar-refractivity contribution is 0.0687. The molecular weight excluding hydrogens is 280 g/mol. The Bertz CT molecular complexity index is 597. The number of halogens is 1. The third-order valence-corrected chi connectivity index (χ3v) is 4.55. The minimum absolute atomic E-state index is 0.00491. The minimum Gasteiger partial charge on any atom is -0.476 e. The SMILES string of the molecule is Cn1nc(C(=O)O)c(Cl)c(C2CCC(C)(C)CC2)c1=O. The predicted octanol–water partition coefficient (Wildman–Crippen LogP) is 2.82. The van der Waals surface area contributed by atoms with Gasteiger partial charge in [-0.1, -0.05) is 25.4 Å². The van der Waals surface area contributed by atoms with E-state index < -0.39 is 5.97 Å². The number of aryl methyl sites for hydroxylation is 1. The van der Waals surface area contributed by atoms with Gasteiger partial charge in [0.1, 0.15) is 0 Å². The molecule has 20 heavy (non-hydrogen) atoms. The zero-order valence-corrected chi connectivity index (χ0v) is 12.7. The molecule has 5 nitrogen and oxygen atoms in total. The number of hydrogen-bond donors (Lipinski definition) is 1. The summed E-state index contributed by atoms with van der Waals surface area (Å²) >= 11 is 6.13. The lowest BCUT2D eigenvalue weighted by Gasteiger charge is -2.34. The Balaban J connectivity index is 2.47. The van der Waals surface area contributed by atoms with Crippen LogP contribution in [-0.4, -0.2) is 20.9 Å². The molecule has 1 aromatic heterocycles. The number of hydrogen-bond acceptors (Lipinski definition) is 3. The van der Waals surface area contributed by atoms with Crippen molar-refractivity contribution in [1.82, 2.24) is 9.78 Å². The molecule has 110 valence electrons. The predicted molar refractivity (Wildman–Crippen MR) is 76.4 cm³/mol. The number of aromatic nitrogens is 2. The monoisotopic (exact) mass is 298 g/mol. The molecule has 0 saturated heterocycles. The molecule has 0 radical (unpaired) electrons. The molecule has 0 spiro atoms. The molecule has 1 fully saturated rings. The van der Waals surface area contributed by atoms with E-state index >= 15 is 0 Å². The summed E-state index contributed by atoms with van der Waals surface area (Å²) in [4.78, 5) is 23.4. The first-order valence-electron chi connectivity index (χ1n) is 6.73. The Morgan fingerprint density at radius 2 is 1.95 bits per heavy atom. The molecule has 2 rings (SSSR count). The van der Waals surface area contributed by atoms with E-state index in [-0.39, 0.29) is 27.6 Å². The number of nitrogens with zero attached hydrogens (tertiary/aromatic N) is 2. The third-order valence-electron chi connectivity index (χ3n) is 4.17. The number of aromatic carboxylic acids is 1. The lowest BCUT2D eigenvalue weighted by atomic mass is 9.71. The fraction of sp³-hybridized carbons (Fsp3) is 0.643. The molecule has 0 amide bonds. The van der Waals surface area contributed by atoms with Crippen molar-refractivity contribution in [2.75, 3.05) is 0 Å². The molecule has 0 bridgehead atoms. The molecule has 1 aliphatic carbocycles. The van der Waals surface area contributed by atoms with Crippen molar-refractivity contribution in [1.29, 1.82) is 0 Å². The molecule has 1 aromatic rings. The van der Waals surface area contributed by atoms with Crippen LogP contribution in [0.25, 0.3) is 0 Å². The first kappa shape index (κ1) is 15.0. The van der Waals surface area contributed by atoms with Crippen molar-refractivity contribution in [2.24, 2.45) is 12.5 Å². The fourth-order valence-corrected chi connectivity index (χ4v) is 3.17. The number of carbonyl (C=O) groups is 1. The average Bonchev–Trinajstić information content (AvgIpc) is 2.35. The summed E-state index contributed by atoms with van der Waals surface area (Å²) in [6, 6.07) is 0. The van der Waals surface area contributed by atoms with E-state index in [1.54, 1.807) is 0 Å². The molecule has 1 heterocycles. The molecule has 0 atom stereocenters. The van der Waals surface area contributed by atoms with Gasteiger partial charge in [-0.25, -0.2) is 9.48 Å². The summed E-state index contributed by atoms with van der Waals surface area (Å²) in [5.74, 6) is -1.18. The summed E-state index contributed by atoms with van der Waals surface area (Å²) < 4.78 is 1.07. The second-order valence-corrected chi connectivity index (χ2v) is 6.63. The van der Waals surface area contributed by atoms with E-state index in [4.69, 9.17) is 16.7 Å². The van der Waals surface area contributed by atoms with Gasteiger partial charge in [0, 0.05) is 12.6 Å². The molecule has 0 aromatic carbocycles. The summed E-state index contributed by atoms with van der Waals surface area (Å²) in [6.07, 6.45) is 3.71. The van der Waals surface area contributed by atoms with Crippen LogP contribution in [0.5, 0.6) is 0 Å². The Labute approximate surface area is 122 Å². The average molecular weight is 299 g/mol. The topological polar surface area (TPSA) is 72.2 Å². The van der Waals surface area contributed by atoms with E-state index in [0.717, 1.165) is 30.4 Å². The smallest absolute Gasteiger partial charge is 0.357 e. The third kappa shape index (κ3) is 2.73. The highest BCUT2D eigenvalue weighted by Crippen LogP contribution is 2.43. The largest absolute Gasteiger partial charge is 0.476 e. The molecule has 6 heteroatoms. The molecule has 1 aliphatic rings. The fourth-order valence-electron chi connectivity index (χ4n) is 2.81. The second kappa shape index (κ2) is 5.20. The van der Waals surface area contributed by atoms with Crippen molar-refractivity contribution in [3.05, 3.63) is 26.6 Å². The summed E-state index contributed by atoms with van der Waals surface area (Å²) in [7, 11) is 1.46. The van der Waals surface area contributed by atoms with Gasteiger partial charge >= 0.3 is 5.97 Å². The lowest BCUT2D eigenvalue weighted by Crippen LogP contribution is -2.31. The second-order valence-electron chi connectivity index (χ2n) is 6.25. The number of carboxylic acids is 1. The van der Waals surface area contributed by atoms with Gasteiger partial charge in [0.15, 0.2) is 5.69 Å². The van der Waals surface area contributed by atoms with Crippen LogP contribution in [0.2, 0.25) is 5.02 Å². The van der Waals surface area contributed by atoms with Gasteiger partial charge in [-0.15, -0.1) is 0 Å². The number of carboxylic acid groups (broad SMARTS) is 1. The van der Waals surface area contributed by atoms with Crippen molar-refractivity contribution in [3.63, 3.8) is 0 Å². The highest BCUT2D eigenvalue weighted by atomic mass is 35.5. The molecule has 1 saturated carbocycles. The molecule has 0 aliphatic heterocycles. The Kier molecular flexibility index (Phi) is 3.91. The van der Waals surface area contributed by atoms with Crippen molar-refractivity contribution >= 4 is 17.6 Å². The van der Waals surface area contributed by atoms with E-state index in [9.17, 15) is 9.59 Å². The van der Waals surface area contributed by atoms with Crippen LogP contribution >= 0.6 is 11.6 Å². The van der Waals surface area contributed by atoms with E-state index in [1.807, 2.05) is 0 Å². The van der Waals surface area contributed by atoms with Gasteiger partial charge in [-0.3, -0.25) is 4.79 Å². The van der Waals surface area contributed by atoms with Gasteiger partial charge in [-0.2, -0.15) is 5.10 Å². The maximum Gasteiger partial charge on any atom is 0.357 e. The highest BCUT2D eigenvalue weighted by Gasteiger charge is 2.32. The van der Waals surface area contributed by atoms with Crippen LogP contribution in [-0.2, 0) is 7.05 Å². The minimum atomic E-state index is -1.21. The first-order chi connectivity index (χ1) is 9.23. The Morgan fingerprint density at radius 3 is 2.45 bits per heavy atom. The van der Waals surface area contributed by atoms with E-state index in [0.29, 0.717) is 5.56 Å². The standard InChI is InChI=1S/C14H19ClN2O3/c1-14(2)6-4-8(5-7-14)9-10(15)11(13(19)20)16-17(3)12(9)18/h8H,4-7H2,1-3H3,(H,19,20). The Hall–Kier alpha value is -1.36. The van der Waals surface area contributed by atoms with Crippen molar-refractivity contribution in [3.8, 4) is 0 Å². The molecular formula is C14H19ClN2O3. The molecule has 0 unspecified atom stereocenters. The zero-order chi connectivity index (χ0) is 15.1. The van der Waals surface area contributed by atoms with Crippen LogP contribution in [0.4, 0.5) is 0 Å². The van der Waals surface area contributed by atoms with E-state index in [1.165, 1.54) is 7.05 Å². The normalized spacial score (nSPS) is 19.0. The van der Waals surface area contributed by atoms with Crippen LogP contribution in [0.1, 0.15) is 61.5 Å². The summed E-state index contributed by atoms with van der Waals surface area (Å²) in [5.41, 5.74) is 0.159. The quantitative estimate of drug-likeness (QED) is 0.911. The van der Waals surface area contributed by atoms with Crippen LogP contribution in [0.15, 0.2) is 4.79 Å². The number of rotatable bonds is 2. The van der Waals surface area contributed by atoms with Gasteiger partial charge in [0.05, 0.1) is 5.02 Å². The van der Waals surface area contributed by atoms with Crippen molar-refractivity contribution in [2.45, 2.75) is 45.4 Å². The van der Waals surface area contributed by atoms with Crippen molar-refractivity contribution < 1.29 is 9.90 Å². The molecule has 1 N–H and O–H groups in total. The van der Waals surface area contributed by atoms with E-state index in [2.05, 4.69) is 18.9 Å². The Morgan fingerprint density at radius 1 is 1.40 bits per heavy atom. The first-order valence-corrected chi connectivity index (χ1v) is 7.11.